The summed E-state index contributed by atoms with van der Waals surface area (Å²) in [4.78, 5) is 25.7. The van der Waals surface area contributed by atoms with Crippen LogP contribution in [0.1, 0.15) is 17.9 Å². The number of hydrazine groups is 1. The Morgan fingerprint density at radius 1 is 1.04 bits per heavy atom. The lowest BCUT2D eigenvalue weighted by molar-refractivity contribution is -0.132. The number of anilines is 1. The minimum atomic E-state index is -0.226. The first-order chi connectivity index (χ1) is 11.2. The summed E-state index contributed by atoms with van der Waals surface area (Å²) < 4.78 is 0. The van der Waals surface area contributed by atoms with E-state index in [9.17, 15) is 9.59 Å². The van der Waals surface area contributed by atoms with Crippen LogP contribution in [0, 0.1) is 0 Å². The maximum absolute atomic E-state index is 12.1. The summed E-state index contributed by atoms with van der Waals surface area (Å²) in [6.07, 6.45) is 0.462. The fourth-order valence-electron chi connectivity index (χ4n) is 2.75. The van der Waals surface area contributed by atoms with Gasteiger partial charge in [0.2, 0.25) is 5.91 Å². The van der Waals surface area contributed by atoms with E-state index in [-0.39, 0.29) is 24.3 Å². The number of benzene rings is 2. The number of hydrogen-bond acceptors (Lipinski definition) is 3. The topological polar surface area (TPSA) is 61.4 Å². The number of rotatable bonds is 5. The lowest BCUT2D eigenvalue weighted by Gasteiger charge is -2.17. The fraction of sp³-hybridized carbons (Fsp3) is 0.222. The van der Waals surface area contributed by atoms with Gasteiger partial charge < -0.3 is 4.90 Å². The minimum Gasteiger partial charge on any atom is -0.333 e. The zero-order chi connectivity index (χ0) is 16.1. The highest BCUT2D eigenvalue weighted by atomic mass is 16.2. The molecule has 1 fully saturated rings. The molecule has 0 saturated carbocycles. The molecule has 5 nitrogen and oxygen atoms in total. The Labute approximate surface area is 135 Å². The van der Waals surface area contributed by atoms with Crippen molar-refractivity contribution < 1.29 is 9.59 Å². The molecule has 1 aliphatic heterocycles. The van der Waals surface area contributed by atoms with Crippen molar-refractivity contribution in [3.05, 3.63) is 66.2 Å². The summed E-state index contributed by atoms with van der Waals surface area (Å²) >= 11 is 0. The summed E-state index contributed by atoms with van der Waals surface area (Å²) in [6.45, 7) is 0.656. The van der Waals surface area contributed by atoms with Crippen molar-refractivity contribution in [1.82, 2.24) is 10.3 Å². The van der Waals surface area contributed by atoms with Gasteiger partial charge in [-0.3, -0.25) is 20.4 Å². The van der Waals surface area contributed by atoms with Gasteiger partial charge in [0.25, 0.3) is 5.91 Å². The molecule has 1 unspecified atom stereocenters. The molecule has 2 aromatic rings. The quantitative estimate of drug-likeness (QED) is 0.832. The summed E-state index contributed by atoms with van der Waals surface area (Å²) in [6, 6.07) is 19.3. The van der Waals surface area contributed by atoms with Crippen LogP contribution in [0.2, 0.25) is 0 Å². The number of nitrogens with zero attached hydrogens (tertiary/aromatic N) is 1. The molecule has 1 saturated heterocycles. The highest BCUT2D eigenvalue weighted by Crippen LogP contribution is 2.27. The predicted octanol–water partition coefficient (Wildman–Crippen LogP) is 2.15. The second kappa shape index (κ2) is 6.96. The van der Waals surface area contributed by atoms with E-state index in [1.54, 1.807) is 4.90 Å². The maximum Gasteiger partial charge on any atom is 0.257 e. The van der Waals surface area contributed by atoms with E-state index in [0.29, 0.717) is 13.0 Å². The monoisotopic (exact) mass is 309 g/mol. The first kappa shape index (κ1) is 15.1. The van der Waals surface area contributed by atoms with Crippen molar-refractivity contribution in [2.45, 2.75) is 12.3 Å². The SMILES string of the molecule is O=C(CN1CC(c2ccccc2)CC1=O)NNc1ccccc1. The predicted molar refractivity (Wildman–Crippen MR) is 88.6 cm³/mol. The molecule has 0 bridgehead atoms. The molecule has 1 heterocycles. The number of para-hydroxylation sites is 1. The van der Waals surface area contributed by atoms with E-state index in [4.69, 9.17) is 0 Å². The standard InChI is InChI=1S/C18H19N3O2/c22-17(20-19-16-9-5-2-6-10-16)13-21-12-15(11-18(21)23)14-7-3-1-4-8-14/h1-10,15,19H,11-13H2,(H,20,22). The molecule has 3 rings (SSSR count). The van der Waals surface area contributed by atoms with Crippen LogP contribution < -0.4 is 10.9 Å². The molecule has 5 heteroatoms. The van der Waals surface area contributed by atoms with E-state index in [1.165, 1.54) is 0 Å². The van der Waals surface area contributed by atoms with Gasteiger partial charge in [0.15, 0.2) is 0 Å². The Balaban J connectivity index is 1.52. The Hall–Kier alpha value is -2.82. The molecule has 23 heavy (non-hydrogen) atoms. The first-order valence-corrected chi connectivity index (χ1v) is 7.65. The molecule has 0 aliphatic carbocycles. The van der Waals surface area contributed by atoms with Crippen molar-refractivity contribution in [2.24, 2.45) is 0 Å². The lowest BCUT2D eigenvalue weighted by Crippen LogP contribution is -2.40. The zero-order valence-electron chi connectivity index (χ0n) is 12.7. The molecule has 118 valence electrons. The van der Waals surface area contributed by atoms with Gasteiger partial charge in [-0.05, 0) is 17.7 Å². The average molecular weight is 309 g/mol. The van der Waals surface area contributed by atoms with Crippen LogP contribution in [0.25, 0.3) is 0 Å². The molecule has 1 atom stereocenters. The van der Waals surface area contributed by atoms with Gasteiger partial charge in [-0.1, -0.05) is 48.5 Å². The molecule has 0 radical (unpaired) electrons. The van der Waals surface area contributed by atoms with Crippen molar-refractivity contribution in [3.63, 3.8) is 0 Å². The van der Waals surface area contributed by atoms with Crippen molar-refractivity contribution in [1.29, 1.82) is 0 Å². The van der Waals surface area contributed by atoms with E-state index >= 15 is 0 Å². The van der Waals surface area contributed by atoms with Gasteiger partial charge in [0, 0.05) is 18.9 Å². The number of hydrogen-bond donors (Lipinski definition) is 2. The molecular formula is C18H19N3O2. The Morgan fingerprint density at radius 3 is 2.39 bits per heavy atom. The number of carbonyl (C=O) groups is 2. The lowest BCUT2D eigenvalue weighted by atomic mass is 9.99. The largest absolute Gasteiger partial charge is 0.333 e. The van der Waals surface area contributed by atoms with Crippen molar-refractivity contribution in [3.8, 4) is 0 Å². The van der Waals surface area contributed by atoms with Gasteiger partial charge in [0.1, 0.15) is 6.54 Å². The van der Waals surface area contributed by atoms with Crippen LogP contribution in [0.15, 0.2) is 60.7 Å². The van der Waals surface area contributed by atoms with Gasteiger partial charge in [-0.25, -0.2) is 0 Å². The van der Waals surface area contributed by atoms with Gasteiger partial charge in [-0.15, -0.1) is 0 Å². The summed E-state index contributed by atoms with van der Waals surface area (Å²) in [5.41, 5.74) is 7.40. The fourth-order valence-corrected chi connectivity index (χ4v) is 2.75. The third kappa shape index (κ3) is 3.88. The van der Waals surface area contributed by atoms with Crippen molar-refractivity contribution in [2.75, 3.05) is 18.5 Å². The second-order valence-corrected chi connectivity index (χ2v) is 5.63. The molecule has 2 amide bonds. The van der Waals surface area contributed by atoms with E-state index in [2.05, 4.69) is 10.9 Å². The number of amides is 2. The highest BCUT2D eigenvalue weighted by Gasteiger charge is 2.31. The van der Waals surface area contributed by atoms with Crippen LogP contribution in [0.4, 0.5) is 5.69 Å². The molecular weight excluding hydrogens is 290 g/mol. The normalized spacial score (nSPS) is 17.1. The minimum absolute atomic E-state index is 0.0220. The van der Waals surface area contributed by atoms with Gasteiger partial charge in [0.05, 0.1) is 5.69 Å². The van der Waals surface area contributed by atoms with Crippen molar-refractivity contribution >= 4 is 17.5 Å². The van der Waals surface area contributed by atoms with E-state index in [1.807, 2.05) is 60.7 Å². The smallest absolute Gasteiger partial charge is 0.257 e. The molecule has 0 spiro atoms. The zero-order valence-corrected chi connectivity index (χ0v) is 12.7. The molecule has 2 aromatic carbocycles. The van der Waals surface area contributed by atoms with Gasteiger partial charge in [-0.2, -0.15) is 0 Å². The van der Waals surface area contributed by atoms with Crippen LogP contribution in [-0.4, -0.2) is 29.8 Å². The molecule has 0 aromatic heterocycles. The summed E-state index contributed by atoms with van der Waals surface area (Å²) in [5.74, 6) is -0.0387. The van der Waals surface area contributed by atoms with E-state index < -0.39 is 0 Å². The Morgan fingerprint density at radius 2 is 1.70 bits per heavy atom. The van der Waals surface area contributed by atoms with Crippen LogP contribution in [0.5, 0.6) is 0 Å². The number of nitrogens with one attached hydrogen (secondary N) is 2. The summed E-state index contributed by atoms with van der Waals surface area (Å²) in [7, 11) is 0. The maximum atomic E-state index is 12.1. The third-order valence-corrected chi connectivity index (χ3v) is 3.94. The second-order valence-electron chi connectivity index (χ2n) is 5.63. The Bertz CT molecular complexity index is 673. The first-order valence-electron chi connectivity index (χ1n) is 7.65. The number of carbonyl (C=O) groups excluding carboxylic acids is 2. The van der Waals surface area contributed by atoms with Crippen LogP contribution in [-0.2, 0) is 9.59 Å². The molecule has 2 N–H and O–H groups in total. The average Bonchev–Trinajstić information content (AvgIpc) is 2.95. The molecule has 1 aliphatic rings. The third-order valence-electron chi connectivity index (χ3n) is 3.94. The van der Waals surface area contributed by atoms with E-state index in [0.717, 1.165) is 11.3 Å². The summed E-state index contributed by atoms with van der Waals surface area (Å²) in [5, 5.41) is 0. The highest BCUT2D eigenvalue weighted by molar-refractivity contribution is 5.87. The number of likely N-dealkylation sites (tertiary alicyclic amines) is 1. The Kier molecular flexibility index (Phi) is 4.57. The van der Waals surface area contributed by atoms with Crippen LogP contribution in [0.3, 0.4) is 0 Å². The van der Waals surface area contributed by atoms with Gasteiger partial charge >= 0.3 is 0 Å². The van der Waals surface area contributed by atoms with Crippen LogP contribution >= 0.6 is 0 Å².